The molecular formula is C30H34Cl2N4O4S. The van der Waals surface area contributed by atoms with E-state index in [9.17, 15) is 18.0 Å². The Labute approximate surface area is 251 Å². The molecule has 0 radical (unpaired) electrons. The number of sulfonamides is 1. The highest BCUT2D eigenvalue weighted by molar-refractivity contribution is 7.92. The van der Waals surface area contributed by atoms with E-state index in [0.717, 1.165) is 11.1 Å². The molecule has 2 amide bonds. The number of hydrogen-bond donors (Lipinski definition) is 3. The molecule has 41 heavy (non-hydrogen) atoms. The van der Waals surface area contributed by atoms with Crippen molar-refractivity contribution in [3.8, 4) is 0 Å². The van der Waals surface area contributed by atoms with Crippen molar-refractivity contribution in [2.45, 2.75) is 32.4 Å². The topological polar surface area (TPSA) is 122 Å². The lowest BCUT2D eigenvalue weighted by Gasteiger charge is -2.44. The largest absolute Gasteiger partial charge is 0.368 e. The van der Waals surface area contributed by atoms with Gasteiger partial charge in [-0.3, -0.25) is 19.2 Å². The Morgan fingerprint density at radius 2 is 1.51 bits per heavy atom. The first-order valence-corrected chi connectivity index (χ1v) is 15.8. The number of amides is 2. The van der Waals surface area contributed by atoms with E-state index >= 15 is 0 Å². The van der Waals surface area contributed by atoms with Crippen LogP contribution in [0.1, 0.15) is 47.8 Å². The molecule has 8 nitrogen and oxygen atoms in total. The van der Waals surface area contributed by atoms with Gasteiger partial charge >= 0.3 is 0 Å². The van der Waals surface area contributed by atoms with E-state index in [1.54, 1.807) is 18.2 Å². The van der Waals surface area contributed by atoms with Gasteiger partial charge < -0.3 is 11.1 Å². The lowest BCUT2D eigenvalue weighted by atomic mass is 9.91. The number of likely N-dealkylation sites (tertiary alicyclic amines) is 1. The summed E-state index contributed by atoms with van der Waals surface area (Å²) in [5.74, 6) is -1.10. The average Bonchev–Trinajstić information content (AvgIpc) is 2.88. The van der Waals surface area contributed by atoms with Crippen molar-refractivity contribution in [3.05, 3.63) is 99.5 Å². The molecule has 0 aliphatic carbocycles. The summed E-state index contributed by atoms with van der Waals surface area (Å²) < 4.78 is 28.7. The smallest absolute Gasteiger partial charge is 0.252 e. The minimum atomic E-state index is -3.70. The van der Waals surface area contributed by atoms with Gasteiger partial charge in [-0.2, -0.15) is 0 Å². The Morgan fingerprint density at radius 1 is 0.951 bits per heavy atom. The SMILES string of the molecule is CC(C)C[C@H](NC(=O)c1cccc(NS(=O)(=O)CC2CN(C(c3ccc(Cl)cc3)c3ccc(Cl)cc3)C2)c1)C(N)=O. The number of rotatable bonds is 12. The summed E-state index contributed by atoms with van der Waals surface area (Å²) in [7, 11) is -3.70. The second-order valence-electron chi connectivity index (χ2n) is 10.8. The number of nitrogens with zero attached hydrogens (tertiary/aromatic N) is 1. The Balaban J connectivity index is 1.39. The van der Waals surface area contributed by atoms with Crippen LogP contribution in [0.5, 0.6) is 0 Å². The van der Waals surface area contributed by atoms with Crippen molar-refractivity contribution in [2.24, 2.45) is 17.6 Å². The normalized spacial score (nSPS) is 15.0. The number of benzene rings is 3. The maximum absolute atomic E-state index is 13.0. The van der Waals surface area contributed by atoms with Crippen LogP contribution in [0.3, 0.4) is 0 Å². The maximum Gasteiger partial charge on any atom is 0.252 e. The number of primary amides is 1. The van der Waals surface area contributed by atoms with Gasteiger partial charge in [-0.15, -0.1) is 0 Å². The Morgan fingerprint density at radius 3 is 2.02 bits per heavy atom. The molecule has 3 aromatic rings. The lowest BCUT2D eigenvalue weighted by Crippen LogP contribution is -2.51. The summed E-state index contributed by atoms with van der Waals surface area (Å²) in [6, 6.07) is 20.6. The van der Waals surface area contributed by atoms with E-state index in [-0.39, 0.29) is 34.9 Å². The van der Waals surface area contributed by atoms with E-state index in [1.165, 1.54) is 6.07 Å². The molecular weight excluding hydrogens is 583 g/mol. The highest BCUT2D eigenvalue weighted by atomic mass is 35.5. The number of nitrogens with one attached hydrogen (secondary N) is 2. The quantitative estimate of drug-likeness (QED) is 0.262. The van der Waals surface area contributed by atoms with Crippen LogP contribution in [0.4, 0.5) is 5.69 Å². The van der Waals surface area contributed by atoms with Gasteiger partial charge in [0, 0.05) is 40.3 Å². The standard InChI is InChI=1S/C30H34Cl2N4O4S/c1-19(2)14-27(29(33)37)34-30(38)23-4-3-5-26(15-23)35-41(39,40)18-20-16-36(17-20)28(21-6-10-24(31)11-7-21)22-8-12-25(32)13-9-22/h3-13,15,19-20,27-28,35H,14,16-18H2,1-2H3,(H2,33,37)(H,34,38)/t27-/m0/s1. The lowest BCUT2D eigenvalue weighted by molar-refractivity contribution is -0.120. The molecule has 4 rings (SSSR count). The Kier molecular flexibility index (Phi) is 9.96. The van der Waals surface area contributed by atoms with Gasteiger partial charge in [0.05, 0.1) is 11.8 Å². The first kappa shape index (κ1) is 30.8. The molecule has 3 aromatic carbocycles. The first-order valence-electron chi connectivity index (χ1n) is 13.4. The van der Waals surface area contributed by atoms with Crippen molar-refractivity contribution >= 4 is 50.7 Å². The summed E-state index contributed by atoms with van der Waals surface area (Å²) in [5, 5.41) is 3.93. The van der Waals surface area contributed by atoms with Gasteiger partial charge in [0.15, 0.2) is 0 Å². The minimum absolute atomic E-state index is 0.0634. The zero-order valence-electron chi connectivity index (χ0n) is 22.9. The van der Waals surface area contributed by atoms with Crippen LogP contribution in [0.25, 0.3) is 0 Å². The van der Waals surface area contributed by atoms with Gasteiger partial charge in [-0.25, -0.2) is 8.42 Å². The van der Waals surface area contributed by atoms with E-state index in [1.807, 2.05) is 62.4 Å². The second kappa shape index (κ2) is 13.2. The summed E-state index contributed by atoms with van der Waals surface area (Å²) in [5.41, 5.74) is 8.04. The van der Waals surface area contributed by atoms with Gasteiger partial charge in [0.1, 0.15) is 6.04 Å². The van der Waals surface area contributed by atoms with Crippen LogP contribution >= 0.6 is 23.2 Å². The minimum Gasteiger partial charge on any atom is -0.368 e. The molecule has 4 N–H and O–H groups in total. The molecule has 1 atom stereocenters. The third-order valence-electron chi connectivity index (χ3n) is 6.93. The fourth-order valence-electron chi connectivity index (χ4n) is 5.04. The van der Waals surface area contributed by atoms with Crippen LogP contribution in [0.2, 0.25) is 10.0 Å². The van der Waals surface area contributed by atoms with Gasteiger partial charge in [-0.05, 0) is 65.9 Å². The number of anilines is 1. The third-order valence-corrected chi connectivity index (χ3v) is 8.89. The number of hydrogen-bond acceptors (Lipinski definition) is 5. The van der Waals surface area contributed by atoms with E-state index in [2.05, 4.69) is 14.9 Å². The van der Waals surface area contributed by atoms with Crippen LogP contribution in [-0.4, -0.2) is 50.0 Å². The molecule has 1 aliphatic heterocycles. The van der Waals surface area contributed by atoms with E-state index in [4.69, 9.17) is 28.9 Å². The molecule has 1 heterocycles. The Hall–Kier alpha value is -3.11. The van der Waals surface area contributed by atoms with Crippen LogP contribution < -0.4 is 15.8 Å². The molecule has 0 saturated carbocycles. The van der Waals surface area contributed by atoms with Gasteiger partial charge in [0.2, 0.25) is 15.9 Å². The molecule has 0 spiro atoms. The zero-order valence-corrected chi connectivity index (χ0v) is 25.2. The molecule has 11 heteroatoms. The summed E-state index contributed by atoms with van der Waals surface area (Å²) in [6.07, 6.45) is 0.405. The fourth-order valence-corrected chi connectivity index (χ4v) is 6.70. The molecule has 1 saturated heterocycles. The summed E-state index contributed by atoms with van der Waals surface area (Å²) in [6.45, 7) is 5.02. The zero-order chi connectivity index (χ0) is 29.7. The monoisotopic (exact) mass is 616 g/mol. The summed E-state index contributed by atoms with van der Waals surface area (Å²) >= 11 is 12.2. The van der Waals surface area contributed by atoms with Crippen molar-refractivity contribution in [3.63, 3.8) is 0 Å². The predicted molar refractivity (Wildman–Crippen MR) is 164 cm³/mol. The maximum atomic E-state index is 13.0. The number of carbonyl (C=O) groups is 2. The van der Waals surface area contributed by atoms with Crippen molar-refractivity contribution in [1.82, 2.24) is 10.2 Å². The van der Waals surface area contributed by atoms with Crippen molar-refractivity contribution in [1.29, 1.82) is 0 Å². The first-order chi connectivity index (χ1) is 19.4. The highest BCUT2D eigenvalue weighted by Crippen LogP contribution is 2.36. The molecule has 1 aliphatic rings. The van der Waals surface area contributed by atoms with Crippen LogP contribution in [0, 0.1) is 11.8 Å². The fraction of sp³-hybridized carbons (Fsp3) is 0.333. The number of nitrogens with two attached hydrogens (primary N) is 1. The van der Waals surface area contributed by atoms with Crippen LogP contribution in [0.15, 0.2) is 72.8 Å². The van der Waals surface area contributed by atoms with Crippen molar-refractivity contribution in [2.75, 3.05) is 23.6 Å². The highest BCUT2D eigenvalue weighted by Gasteiger charge is 2.36. The van der Waals surface area contributed by atoms with Gasteiger partial charge in [-0.1, -0.05) is 67.4 Å². The van der Waals surface area contributed by atoms with Crippen LogP contribution in [-0.2, 0) is 14.8 Å². The third kappa shape index (κ3) is 8.45. The molecule has 0 bridgehead atoms. The predicted octanol–water partition coefficient (Wildman–Crippen LogP) is 5.09. The number of halogens is 2. The molecule has 0 unspecified atom stereocenters. The molecule has 1 fully saturated rings. The van der Waals surface area contributed by atoms with E-state index < -0.39 is 27.9 Å². The molecule has 218 valence electrons. The van der Waals surface area contributed by atoms with E-state index in [0.29, 0.717) is 29.6 Å². The summed E-state index contributed by atoms with van der Waals surface area (Å²) in [4.78, 5) is 26.7. The molecule has 0 aromatic heterocycles. The van der Waals surface area contributed by atoms with Gasteiger partial charge in [0.25, 0.3) is 5.91 Å². The average molecular weight is 618 g/mol. The number of carbonyl (C=O) groups excluding carboxylic acids is 2. The van der Waals surface area contributed by atoms with Crippen molar-refractivity contribution < 1.29 is 18.0 Å². The Bertz CT molecular complexity index is 1430. The second-order valence-corrected chi connectivity index (χ2v) is 13.5.